The molecule has 2 rings (SSSR count). The van der Waals surface area contributed by atoms with Gasteiger partial charge in [0, 0.05) is 53.7 Å². The van der Waals surface area contributed by atoms with E-state index in [2.05, 4.69) is 154 Å². The second-order valence-corrected chi connectivity index (χ2v) is 17.9. The van der Waals surface area contributed by atoms with Gasteiger partial charge in [0.25, 0.3) is 5.91 Å². The maximum Gasteiger partial charge on any atom is 0.297 e. The fourth-order valence-corrected chi connectivity index (χ4v) is 9.06. The predicted octanol–water partition coefficient (Wildman–Crippen LogP) is 2.46. The number of thioether (sulfide) groups is 1. The van der Waals surface area contributed by atoms with E-state index >= 15 is 0 Å². The van der Waals surface area contributed by atoms with Crippen LogP contribution in [0.4, 0.5) is 0 Å². The molecule has 0 aromatic carbocycles. The maximum absolute atomic E-state index is 12.9. The topological polar surface area (TPSA) is 186 Å². The first-order valence-electron chi connectivity index (χ1n) is 23.0. The number of imide groups is 1. The Labute approximate surface area is 432 Å². The first-order chi connectivity index (χ1) is 34.0. The van der Waals surface area contributed by atoms with Crippen LogP contribution in [0.1, 0.15) is 104 Å². The lowest BCUT2D eigenvalue weighted by atomic mass is 9.98. The smallest absolute Gasteiger partial charge is 0.297 e. The van der Waals surface area contributed by atoms with Crippen molar-refractivity contribution in [3.05, 3.63) is 0 Å². The molecule has 12 nitrogen and oxygen atoms in total. The minimum atomic E-state index is -1.75. The van der Waals surface area contributed by atoms with Crippen molar-refractivity contribution < 1.29 is 49.4 Å². The van der Waals surface area contributed by atoms with Gasteiger partial charge in [-0.15, -0.1) is 11.8 Å². The molecule has 6 N–H and O–H groups in total. The molecule has 0 aromatic heterocycles. The summed E-state index contributed by atoms with van der Waals surface area (Å²) in [6, 6.07) is -1.28. The standard InChI is InChI=1S/C56H57IN2O10S/c1-4-7-9-11-13-15-17-19-20-21-22-23-24-25-26-27-28-29-31-33-35-37-39-41-47(61)58-44(49(62)45(60)40-38-36-34-32-30-18-16-14-12-10-8-5-2)42-68-56-52(65)51(64)50(63)46(69-56)43-70-53-48(57)54(66)59(6-3)55(53)67/h44-46,48-53,56,60,62-65H,5-6,8,10,12,14,16,18,30,32,34,36,38,40,42-43H2,1-3H3,(H,58,61)/t44-,45+,46?,48?,49-,50-,51-,52?,53?,56-/m0/s1. The van der Waals surface area contributed by atoms with Crippen molar-refractivity contribution in [2.24, 2.45) is 0 Å². The third kappa shape index (κ3) is 24.6. The van der Waals surface area contributed by atoms with Gasteiger partial charge in [-0.2, -0.15) is 0 Å². The third-order valence-corrected chi connectivity index (χ3v) is 13.3. The summed E-state index contributed by atoms with van der Waals surface area (Å²) in [6.07, 6.45) is 3.17. The van der Waals surface area contributed by atoms with E-state index in [1.54, 1.807) is 13.8 Å². The molecule has 0 spiro atoms. The minimum Gasteiger partial charge on any atom is -0.390 e. The van der Waals surface area contributed by atoms with Gasteiger partial charge in [0.15, 0.2) is 6.29 Å². The molecule has 14 heteroatoms. The summed E-state index contributed by atoms with van der Waals surface area (Å²) in [5, 5.41) is 56.3. The van der Waals surface area contributed by atoms with E-state index in [0.29, 0.717) is 6.42 Å². The molecular weight excluding hydrogens is 1020 g/mol. The average Bonchev–Trinajstić information content (AvgIpc) is 3.56. The molecule has 10 atom stereocenters. The molecule has 70 heavy (non-hydrogen) atoms. The Hall–Kier alpha value is -5.87. The van der Waals surface area contributed by atoms with Gasteiger partial charge in [0.2, 0.25) is 11.8 Å². The average molecular weight is 1080 g/mol. The van der Waals surface area contributed by atoms with Crippen molar-refractivity contribution in [3.8, 4) is 142 Å². The number of unbranched alkanes of at least 4 members (excludes halogenated alkanes) is 11. The Balaban J connectivity index is 2.04. The Kier molecular flexibility index (Phi) is 32.7. The molecule has 2 fully saturated rings. The maximum atomic E-state index is 12.9. The third-order valence-electron chi connectivity index (χ3n) is 10.2. The summed E-state index contributed by atoms with van der Waals surface area (Å²) >= 11 is 2.97. The summed E-state index contributed by atoms with van der Waals surface area (Å²) in [4.78, 5) is 39.5. The van der Waals surface area contributed by atoms with E-state index in [1.165, 1.54) is 44.9 Å². The van der Waals surface area contributed by atoms with E-state index in [9.17, 15) is 39.9 Å². The molecule has 2 aliphatic heterocycles. The first kappa shape index (κ1) is 60.3. The van der Waals surface area contributed by atoms with Gasteiger partial charge < -0.3 is 40.3 Å². The first-order valence-corrected chi connectivity index (χ1v) is 25.3. The summed E-state index contributed by atoms with van der Waals surface area (Å²) in [7, 11) is 0. The van der Waals surface area contributed by atoms with E-state index in [0.717, 1.165) is 42.3 Å². The fraction of sp³-hybridized carbons (Fsp3) is 0.518. The highest BCUT2D eigenvalue weighted by Gasteiger charge is 2.49. The van der Waals surface area contributed by atoms with Crippen LogP contribution in [0.2, 0.25) is 0 Å². The molecule has 0 aromatic rings. The molecule has 0 saturated carbocycles. The Morgan fingerprint density at radius 1 is 0.657 bits per heavy atom. The number of aliphatic hydroxyl groups excluding tert-OH is 5. The number of hydrogen-bond donors (Lipinski definition) is 6. The van der Waals surface area contributed by atoms with Gasteiger partial charge in [-0.05, 0) is 115 Å². The Bertz CT molecular complexity index is 2560. The van der Waals surface area contributed by atoms with Gasteiger partial charge in [-0.3, -0.25) is 19.3 Å². The largest absolute Gasteiger partial charge is 0.390 e. The van der Waals surface area contributed by atoms with Crippen LogP contribution in [0, 0.1) is 142 Å². The lowest BCUT2D eigenvalue weighted by Gasteiger charge is -2.41. The van der Waals surface area contributed by atoms with E-state index < -0.39 is 70.6 Å². The quantitative estimate of drug-likeness (QED) is 0.0291. The van der Waals surface area contributed by atoms with Gasteiger partial charge in [-0.25, -0.2) is 0 Å². The van der Waals surface area contributed by atoms with Crippen LogP contribution >= 0.6 is 34.4 Å². The van der Waals surface area contributed by atoms with Crippen LogP contribution in [0.5, 0.6) is 0 Å². The number of nitrogens with one attached hydrogen (secondary N) is 1. The molecule has 4 unspecified atom stereocenters. The number of rotatable bonds is 23. The van der Waals surface area contributed by atoms with Gasteiger partial charge in [-0.1, -0.05) is 112 Å². The zero-order valence-electron chi connectivity index (χ0n) is 39.6. The summed E-state index contributed by atoms with van der Waals surface area (Å²) in [5.41, 5.74) is 0. The molecular formula is C56H57IN2O10S. The van der Waals surface area contributed by atoms with Gasteiger partial charge in [0.1, 0.15) is 33.6 Å². The molecule has 2 saturated heterocycles. The number of aliphatic hydroxyl groups is 5. The molecule has 3 amide bonds. The van der Waals surface area contributed by atoms with Crippen LogP contribution in [-0.4, -0.2) is 125 Å². The molecule has 2 aliphatic rings. The summed E-state index contributed by atoms with van der Waals surface area (Å²) < 4.78 is 11.0. The van der Waals surface area contributed by atoms with Crippen molar-refractivity contribution in [2.75, 3.05) is 18.9 Å². The predicted molar refractivity (Wildman–Crippen MR) is 278 cm³/mol. The lowest BCUT2D eigenvalue weighted by Crippen LogP contribution is -2.60. The van der Waals surface area contributed by atoms with Crippen LogP contribution < -0.4 is 5.32 Å². The fourth-order valence-electron chi connectivity index (χ4n) is 6.56. The SMILES string of the molecule is CC#CC#CC#CC#CC#CC#CC#CC#CC#CC#CC#CC#CC(=O)N[C@@H](CO[C@H]1OC(CSC2C(=O)N(CC)C(=O)C2I)[C@H](O)[C@H](O)C1O)[C@H](O)[C@H](O)CCCCCCCCCCCCCC. The van der Waals surface area contributed by atoms with Crippen molar-refractivity contribution in [2.45, 2.75) is 162 Å². The highest BCUT2D eigenvalue weighted by atomic mass is 127. The highest BCUT2D eigenvalue weighted by molar-refractivity contribution is 14.1. The molecule has 364 valence electrons. The second kappa shape index (κ2) is 38.0. The van der Waals surface area contributed by atoms with Gasteiger partial charge in [0.05, 0.1) is 24.9 Å². The number of alkyl halides is 1. The number of halogens is 1. The minimum absolute atomic E-state index is 0.0419. The molecule has 2 heterocycles. The van der Waals surface area contributed by atoms with E-state index in [1.807, 2.05) is 22.6 Å². The van der Waals surface area contributed by atoms with E-state index in [4.69, 9.17) is 9.47 Å². The number of nitrogens with zero attached hydrogens (tertiary/aromatic N) is 1. The van der Waals surface area contributed by atoms with E-state index in [-0.39, 0.29) is 30.5 Å². The van der Waals surface area contributed by atoms with Crippen LogP contribution in [0.3, 0.4) is 0 Å². The summed E-state index contributed by atoms with van der Waals surface area (Å²) in [6.45, 7) is 5.28. The normalized spacial score (nSPS) is 20.3. The molecule has 0 aliphatic carbocycles. The summed E-state index contributed by atoms with van der Waals surface area (Å²) in [5.74, 6) is 57.9. The van der Waals surface area contributed by atoms with Crippen LogP contribution in [-0.2, 0) is 23.9 Å². The number of hydrogen-bond acceptors (Lipinski definition) is 11. The van der Waals surface area contributed by atoms with Gasteiger partial charge >= 0.3 is 0 Å². The Morgan fingerprint density at radius 2 is 1.10 bits per heavy atom. The number of amides is 3. The van der Waals surface area contributed by atoms with Crippen molar-refractivity contribution in [1.82, 2.24) is 10.2 Å². The Morgan fingerprint density at radius 3 is 1.54 bits per heavy atom. The second-order valence-electron chi connectivity index (χ2n) is 15.4. The zero-order valence-corrected chi connectivity index (χ0v) is 42.6. The lowest BCUT2D eigenvalue weighted by molar-refractivity contribution is -0.294. The monoisotopic (exact) mass is 1080 g/mol. The van der Waals surface area contributed by atoms with Crippen LogP contribution in [0.25, 0.3) is 0 Å². The number of carbonyl (C=O) groups is 3. The number of likely N-dealkylation sites (tertiary alicyclic amines) is 1. The van der Waals surface area contributed by atoms with Crippen molar-refractivity contribution in [1.29, 1.82) is 0 Å². The number of carbonyl (C=O) groups excluding carboxylic acids is 3. The van der Waals surface area contributed by atoms with Crippen molar-refractivity contribution >= 4 is 52.1 Å². The zero-order chi connectivity index (χ0) is 51.2. The molecule has 0 bridgehead atoms. The highest BCUT2D eigenvalue weighted by Crippen LogP contribution is 2.34. The van der Waals surface area contributed by atoms with Crippen LogP contribution in [0.15, 0.2) is 0 Å². The number of ether oxygens (including phenoxy) is 2. The van der Waals surface area contributed by atoms with Crippen molar-refractivity contribution in [3.63, 3.8) is 0 Å². The molecule has 0 radical (unpaired) electrons.